The van der Waals surface area contributed by atoms with Crippen LogP contribution in [0.2, 0.25) is 0 Å². The van der Waals surface area contributed by atoms with E-state index in [4.69, 9.17) is 4.74 Å². The van der Waals surface area contributed by atoms with Gasteiger partial charge in [0.25, 0.3) is 0 Å². The topological polar surface area (TPSA) is 29.5 Å². The number of fused-ring (bicyclic) bond motifs is 1. The Morgan fingerprint density at radius 1 is 0.816 bits per heavy atom. The molecule has 4 rings (SSSR count). The molecule has 0 saturated carbocycles. The monoisotopic (exact) mass is 511 g/mol. The largest absolute Gasteiger partial charge is 0.493 e. The molecule has 3 nitrogen and oxygen atoms in total. The molecule has 0 radical (unpaired) electrons. The van der Waals surface area contributed by atoms with Crippen LogP contribution < -0.4 is 4.74 Å². The van der Waals surface area contributed by atoms with Gasteiger partial charge in [-0.05, 0) is 90.3 Å². The molecule has 0 bridgehead atoms. The van der Waals surface area contributed by atoms with E-state index < -0.39 is 0 Å². The summed E-state index contributed by atoms with van der Waals surface area (Å²) in [4.78, 5) is 13.8. The van der Waals surface area contributed by atoms with Crippen molar-refractivity contribution in [2.75, 3.05) is 13.2 Å². The van der Waals surface area contributed by atoms with Crippen molar-refractivity contribution in [2.45, 2.75) is 91.0 Å². The standard InChI is InChI=1S/C35H45NO2/c1-25(2)36(26(3)37)21-11-12-22-38-33-18-16-28(27-13-9-8-10-14-27)23-30(33)29-15-17-31-32(24-29)35(6,7)20-19-34(31,4)5/h8-10,13-18,23-25H,11-12,19-22H2,1-7H3. The molecule has 0 saturated heterocycles. The number of carbonyl (C=O) groups excluding carboxylic acids is 1. The summed E-state index contributed by atoms with van der Waals surface area (Å²) >= 11 is 0. The van der Waals surface area contributed by atoms with Gasteiger partial charge in [0.15, 0.2) is 0 Å². The number of unbranched alkanes of at least 4 members (excludes halogenated alkanes) is 1. The van der Waals surface area contributed by atoms with Crippen LogP contribution in [0, 0.1) is 0 Å². The lowest BCUT2D eigenvalue weighted by Crippen LogP contribution is -2.36. The Hall–Kier alpha value is -3.07. The fraction of sp³-hybridized carbons (Fsp3) is 0.457. The Balaban J connectivity index is 1.63. The first-order chi connectivity index (χ1) is 18.0. The summed E-state index contributed by atoms with van der Waals surface area (Å²) in [7, 11) is 0. The zero-order chi connectivity index (χ0) is 27.5. The van der Waals surface area contributed by atoms with Crippen molar-refractivity contribution in [3.05, 3.63) is 77.9 Å². The fourth-order valence-electron chi connectivity index (χ4n) is 5.79. The lowest BCUT2D eigenvalue weighted by molar-refractivity contribution is -0.130. The second-order valence-electron chi connectivity index (χ2n) is 12.5. The Kier molecular flexibility index (Phi) is 8.35. The van der Waals surface area contributed by atoms with E-state index in [0.29, 0.717) is 6.61 Å². The average molecular weight is 512 g/mol. The van der Waals surface area contributed by atoms with Gasteiger partial charge in [0.1, 0.15) is 5.75 Å². The Bertz CT molecular complexity index is 1260. The van der Waals surface area contributed by atoms with Crippen LogP contribution in [0.25, 0.3) is 22.3 Å². The van der Waals surface area contributed by atoms with Crippen LogP contribution in [0.3, 0.4) is 0 Å². The number of carbonyl (C=O) groups is 1. The highest BCUT2D eigenvalue weighted by Gasteiger charge is 2.37. The van der Waals surface area contributed by atoms with Crippen LogP contribution in [0.15, 0.2) is 66.7 Å². The highest BCUT2D eigenvalue weighted by molar-refractivity contribution is 5.78. The minimum absolute atomic E-state index is 0.137. The van der Waals surface area contributed by atoms with Crippen LogP contribution in [0.5, 0.6) is 5.75 Å². The Labute approximate surface area is 230 Å². The molecule has 3 heteroatoms. The first kappa shape index (κ1) is 28.0. The van der Waals surface area contributed by atoms with Gasteiger partial charge in [0.2, 0.25) is 5.91 Å². The molecule has 3 aromatic rings. The SMILES string of the molecule is CC(=O)N(CCCCOc1ccc(-c2ccccc2)cc1-c1ccc2c(c1)C(C)(C)CCC2(C)C)C(C)C. The second-order valence-corrected chi connectivity index (χ2v) is 12.5. The average Bonchev–Trinajstić information content (AvgIpc) is 2.89. The summed E-state index contributed by atoms with van der Waals surface area (Å²) in [5.41, 5.74) is 8.03. The second kappa shape index (κ2) is 11.4. The van der Waals surface area contributed by atoms with Crippen molar-refractivity contribution in [1.82, 2.24) is 4.90 Å². The van der Waals surface area contributed by atoms with Crippen molar-refractivity contribution < 1.29 is 9.53 Å². The van der Waals surface area contributed by atoms with Gasteiger partial charge in [-0.25, -0.2) is 0 Å². The van der Waals surface area contributed by atoms with Gasteiger partial charge in [0.05, 0.1) is 6.61 Å². The van der Waals surface area contributed by atoms with Gasteiger partial charge in [-0.2, -0.15) is 0 Å². The third kappa shape index (κ3) is 6.14. The van der Waals surface area contributed by atoms with Crippen LogP contribution in [-0.4, -0.2) is 30.0 Å². The minimum atomic E-state index is 0.137. The van der Waals surface area contributed by atoms with E-state index in [2.05, 4.69) is 108 Å². The zero-order valence-electron chi connectivity index (χ0n) is 24.4. The van der Waals surface area contributed by atoms with E-state index in [-0.39, 0.29) is 22.8 Å². The van der Waals surface area contributed by atoms with Crippen molar-refractivity contribution in [2.24, 2.45) is 0 Å². The number of rotatable bonds is 9. The lowest BCUT2D eigenvalue weighted by Gasteiger charge is -2.42. The molecule has 0 aliphatic heterocycles. The molecule has 0 fully saturated rings. The van der Waals surface area contributed by atoms with Gasteiger partial charge in [0, 0.05) is 25.1 Å². The maximum atomic E-state index is 11.9. The van der Waals surface area contributed by atoms with Gasteiger partial charge in [-0.15, -0.1) is 0 Å². The van der Waals surface area contributed by atoms with Gasteiger partial charge in [-0.3, -0.25) is 4.79 Å². The highest BCUT2D eigenvalue weighted by Crippen LogP contribution is 2.47. The van der Waals surface area contributed by atoms with Crippen LogP contribution in [0.4, 0.5) is 0 Å². The number of amides is 1. The van der Waals surface area contributed by atoms with E-state index in [1.54, 1.807) is 6.92 Å². The zero-order valence-corrected chi connectivity index (χ0v) is 24.4. The number of ether oxygens (including phenoxy) is 1. The number of nitrogens with zero attached hydrogens (tertiary/aromatic N) is 1. The molecule has 0 aromatic heterocycles. The molecule has 0 atom stereocenters. The molecule has 1 aliphatic carbocycles. The number of benzene rings is 3. The Morgan fingerprint density at radius 3 is 2.13 bits per heavy atom. The minimum Gasteiger partial charge on any atom is -0.493 e. The molecule has 0 spiro atoms. The first-order valence-corrected chi connectivity index (χ1v) is 14.2. The van der Waals surface area contributed by atoms with Crippen LogP contribution >= 0.6 is 0 Å². The van der Waals surface area contributed by atoms with Crippen molar-refractivity contribution in [3.8, 4) is 28.0 Å². The number of hydrogen-bond acceptors (Lipinski definition) is 2. The first-order valence-electron chi connectivity index (χ1n) is 14.2. The summed E-state index contributed by atoms with van der Waals surface area (Å²) in [6, 6.07) is 24.4. The summed E-state index contributed by atoms with van der Waals surface area (Å²) in [6.07, 6.45) is 4.23. The Morgan fingerprint density at radius 2 is 1.47 bits per heavy atom. The third-order valence-corrected chi connectivity index (χ3v) is 8.33. The normalized spacial score (nSPS) is 15.7. The van der Waals surface area contributed by atoms with Gasteiger partial charge < -0.3 is 9.64 Å². The van der Waals surface area contributed by atoms with Gasteiger partial charge in [-0.1, -0.05) is 82.3 Å². The van der Waals surface area contributed by atoms with E-state index >= 15 is 0 Å². The quantitative estimate of drug-likeness (QED) is 0.269. The summed E-state index contributed by atoms with van der Waals surface area (Å²) in [5, 5.41) is 0. The van der Waals surface area contributed by atoms with Gasteiger partial charge >= 0.3 is 0 Å². The fourth-order valence-corrected chi connectivity index (χ4v) is 5.79. The summed E-state index contributed by atoms with van der Waals surface area (Å²) < 4.78 is 6.42. The predicted molar refractivity (Wildman–Crippen MR) is 160 cm³/mol. The predicted octanol–water partition coefficient (Wildman–Crippen LogP) is 8.79. The lowest BCUT2D eigenvalue weighted by atomic mass is 9.63. The number of hydrogen-bond donors (Lipinski definition) is 0. The molecular formula is C35H45NO2. The van der Waals surface area contributed by atoms with Crippen molar-refractivity contribution in [1.29, 1.82) is 0 Å². The molecule has 1 aliphatic rings. The molecule has 202 valence electrons. The van der Waals surface area contributed by atoms with E-state index in [9.17, 15) is 4.79 Å². The van der Waals surface area contributed by atoms with E-state index in [0.717, 1.165) is 30.7 Å². The van der Waals surface area contributed by atoms with Crippen molar-refractivity contribution in [3.63, 3.8) is 0 Å². The maximum Gasteiger partial charge on any atom is 0.219 e. The van der Waals surface area contributed by atoms with Crippen LogP contribution in [-0.2, 0) is 15.6 Å². The summed E-state index contributed by atoms with van der Waals surface area (Å²) in [6.45, 7) is 16.7. The molecule has 3 aromatic carbocycles. The molecule has 38 heavy (non-hydrogen) atoms. The molecule has 0 unspecified atom stereocenters. The summed E-state index contributed by atoms with van der Waals surface area (Å²) in [5.74, 6) is 1.06. The third-order valence-electron chi connectivity index (χ3n) is 8.33. The van der Waals surface area contributed by atoms with E-state index in [1.165, 1.54) is 40.7 Å². The molecule has 0 heterocycles. The molecular weight excluding hydrogens is 466 g/mol. The smallest absolute Gasteiger partial charge is 0.219 e. The molecule has 0 N–H and O–H groups in total. The van der Waals surface area contributed by atoms with Crippen molar-refractivity contribution >= 4 is 5.91 Å². The highest BCUT2D eigenvalue weighted by atomic mass is 16.5. The molecule has 1 amide bonds. The van der Waals surface area contributed by atoms with E-state index in [1.807, 2.05) is 4.90 Å². The maximum absolute atomic E-state index is 11.9. The van der Waals surface area contributed by atoms with Crippen LogP contribution in [0.1, 0.15) is 85.3 Å².